The van der Waals surface area contributed by atoms with E-state index in [1.165, 1.54) is 5.56 Å². The van der Waals surface area contributed by atoms with Gasteiger partial charge in [-0.1, -0.05) is 17.7 Å². The molecule has 21 heavy (non-hydrogen) atoms. The first-order chi connectivity index (χ1) is 10.1. The quantitative estimate of drug-likeness (QED) is 0.913. The lowest BCUT2D eigenvalue weighted by Gasteiger charge is -2.31. The van der Waals surface area contributed by atoms with Gasteiger partial charge in [0.25, 0.3) is 0 Å². The second-order valence-corrected chi connectivity index (χ2v) is 6.38. The molecule has 1 aromatic carbocycles. The third-order valence-corrected chi connectivity index (χ3v) is 4.73. The van der Waals surface area contributed by atoms with Gasteiger partial charge in [0, 0.05) is 36.7 Å². The van der Waals surface area contributed by atoms with Crippen LogP contribution in [0.5, 0.6) is 0 Å². The van der Waals surface area contributed by atoms with Crippen molar-refractivity contribution in [2.45, 2.75) is 32.4 Å². The highest BCUT2D eigenvalue weighted by Crippen LogP contribution is 2.23. The first kappa shape index (κ1) is 14.7. The van der Waals surface area contributed by atoms with Gasteiger partial charge in [0.2, 0.25) is 0 Å². The van der Waals surface area contributed by atoms with Crippen molar-refractivity contribution < 1.29 is 9.53 Å². The minimum Gasteiger partial charge on any atom is -0.381 e. The van der Waals surface area contributed by atoms with Gasteiger partial charge >= 0.3 is 6.03 Å². The maximum atomic E-state index is 12.4. The Morgan fingerprint density at radius 2 is 2.33 bits per heavy atom. The Morgan fingerprint density at radius 1 is 1.48 bits per heavy atom. The van der Waals surface area contributed by atoms with Gasteiger partial charge in [-0.05, 0) is 43.0 Å². The largest absolute Gasteiger partial charge is 0.381 e. The summed E-state index contributed by atoms with van der Waals surface area (Å²) in [7, 11) is 0. The van der Waals surface area contributed by atoms with Gasteiger partial charge in [-0.3, -0.25) is 0 Å². The number of carbonyl (C=O) groups is 1. The van der Waals surface area contributed by atoms with Crippen LogP contribution in [0.2, 0.25) is 5.02 Å². The van der Waals surface area contributed by atoms with Crippen LogP contribution in [-0.4, -0.2) is 36.7 Å². The van der Waals surface area contributed by atoms with E-state index in [0.29, 0.717) is 12.5 Å². The Bertz CT molecular complexity index is 529. The van der Waals surface area contributed by atoms with Gasteiger partial charge in [-0.2, -0.15) is 0 Å². The van der Waals surface area contributed by atoms with Crippen LogP contribution in [0, 0.1) is 5.92 Å². The highest BCUT2D eigenvalue weighted by atomic mass is 35.5. The number of hydrogen-bond acceptors (Lipinski definition) is 2. The van der Waals surface area contributed by atoms with Crippen molar-refractivity contribution in [2.75, 3.05) is 19.8 Å². The van der Waals surface area contributed by atoms with Crippen LogP contribution in [0.1, 0.15) is 24.5 Å². The van der Waals surface area contributed by atoms with Gasteiger partial charge in [-0.25, -0.2) is 4.79 Å². The highest BCUT2D eigenvalue weighted by molar-refractivity contribution is 6.30. The minimum atomic E-state index is 0.0139. The summed E-state index contributed by atoms with van der Waals surface area (Å²) < 4.78 is 5.39. The molecule has 2 aliphatic rings. The maximum Gasteiger partial charge on any atom is 0.317 e. The normalized spacial score (nSPS) is 22.8. The van der Waals surface area contributed by atoms with Gasteiger partial charge in [-0.15, -0.1) is 0 Å². The van der Waals surface area contributed by atoms with E-state index < -0.39 is 0 Å². The van der Waals surface area contributed by atoms with Crippen molar-refractivity contribution in [1.82, 2.24) is 10.2 Å². The SMILES string of the molecule is C[C@@H](NC(=O)N1CCc2ccc(Cl)cc2C1)[C@H]1CCOC1. The van der Waals surface area contributed by atoms with E-state index in [1.54, 1.807) is 0 Å². The second-order valence-electron chi connectivity index (χ2n) is 5.95. The number of benzene rings is 1. The molecular formula is C16H21ClN2O2. The lowest BCUT2D eigenvalue weighted by Crippen LogP contribution is -2.48. The molecule has 0 radical (unpaired) electrons. The Balaban J connectivity index is 1.61. The lowest BCUT2D eigenvalue weighted by atomic mass is 9.99. The zero-order valence-electron chi connectivity index (χ0n) is 12.3. The van der Waals surface area contributed by atoms with Crippen LogP contribution in [0.15, 0.2) is 18.2 Å². The molecule has 0 aromatic heterocycles. The van der Waals surface area contributed by atoms with Crippen molar-refractivity contribution in [2.24, 2.45) is 5.92 Å². The molecule has 0 spiro atoms. The summed E-state index contributed by atoms with van der Waals surface area (Å²) in [4.78, 5) is 14.3. The molecule has 2 heterocycles. The first-order valence-corrected chi connectivity index (χ1v) is 7.92. The number of urea groups is 1. The zero-order valence-corrected chi connectivity index (χ0v) is 13.0. The predicted octanol–water partition coefficient (Wildman–Crippen LogP) is 2.83. The summed E-state index contributed by atoms with van der Waals surface area (Å²) in [6.07, 6.45) is 1.92. The number of nitrogens with zero attached hydrogens (tertiary/aromatic N) is 1. The number of ether oxygens (including phenoxy) is 1. The molecule has 2 amide bonds. The Labute approximate surface area is 130 Å². The summed E-state index contributed by atoms with van der Waals surface area (Å²) in [5.74, 6) is 0.431. The van der Waals surface area contributed by atoms with E-state index in [1.807, 2.05) is 17.0 Å². The van der Waals surface area contributed by atoms with Crippen molar-refractivity contribution in [3.8, 4) is 0 Å². The molecule has 5 heteroatoms. The van der Waals surface area contributed by atoms with Crippen LogP contribution in [-0.2, 0) is 17.7 Å². The molecule has 114 valence electrons. The fraction of sp³-hybridized carbons (Fsp3) is 0.562. The monoisotopic (exact) mass is 308 g/mol. The molecule has 2 atom stereocenters. The van der Waals surface area contributed by atoms with Crippen molar-refractivity contribution in [1.29, 1.82) is 0 Å². The van der Waals surface area contributed by atoms with Gasteiger partial charge in [0.1, 0.15) is 0 Å². The molecule has 0 unspecified atom stereocenters. The molecule has 0 bridgehead atoms. The molecule has 1 N–H and O–H groups in total. The number of hydrogen-bond donors (Lipinski definition) is 1. The van der Waals surface area contributed by atoms with Crippen LogP contribution in [0.25, 0.3) is 0 Å². The average molecular weight is 309 g/mol. The van der Waals surface area contributed by atoms with Crippen molar-refractivity contribution >= 4 is 17.6 Å². The summed E-state index contributed by atoms with van der Waals surface area (Å²) in [5, 5.41) is 3.84. The minimum absolute atomic E-state index is 0.0139. The van der Waals surface area contributed by atoms with E-state index in [2.05, 4.69) is 18.3 Å². The smallest absolute Gasteiger partial charge is 0.317 e. The number of halogens is 1. The predicted molar refractivity (Wildman–Crippen MR) is 82.5 cm³/mol. The fourth-order valence-electron chi connectivity index (χ4n) is 3.05. The number of nitrogens with one attached hydrogen (secondary N) is 1. The highest BCUT2D eigenvalue weighted by Gasteiger charge is 2.26. The van der Waals surface area contributed by atoms with Gasteiger partial charge in [0.05, 0.1) is 6.61 Å². The molecule has 0 aliphatic carbocycles. The Kier molecular flexibility index (Phi) is 4.36. The Hall–Kier alpha value is -1.26. The third kappa shape index (κ3) is 3.33. The van der Waals surface area contributed by atoms with Crippen LogP contribution in [0.4, 0.5) is 4.79 Å². The maximum absolute atomic E-state index is 12.4. The molecular weight excluding hydrogens is 288 g/mol. The molecule has 2 aliphatic heterocycles. The topological polar surface area (TPSA) is 41.6 Å². The molecule has 1 aromatic rings. The average Bonchev–Trinajstić information content (AvgIpc) is 3.00. The van der Waals surface area contributed by atoms with Crippen molar-refractivity contribution in [3.63, 3.8) is 0 Å². The summed E-state index contributed by atoms with van der Waals surface area (Å²) in [6, 6.07) is 6.11. The number of amides is 2. The first-order valence-electron chi connectivity index (χ1n) is 7.54. The molecule has 4 nitrogen and oxygen atoms in total. The van der Waals surface area contributed by atoms with Crippen LogP contribution in [0.3, 0.4) is 0 Å². The van der Waals surface area contributed by atoms with Gasteiger partial charge in [0.15, 0.2) is 0 Å². The molecule has 0 saturated carbocycles. The van der Waals surface area contributed by atoms with E-state index in [-0.39, 0.29) is 12.1 Å². The van der Waals surface area contributed by atoms with Crippen molar-refractivity contribution in [3.05, 3.63) is 34.3 Å². The summed E-state index contributed by atoms with van der Waals surface area (Å²) in [5.41, 5.74) is 2.45. The number of fused-ring (bicyclic) bond motifs is 1. The summed E-state index contributed by atoms with van der Waals surface area (Å²) >= 11 is 6.04. The molecule has 3 rings (SSSR count). The summed E-state index contributed by atoms with van der Waals surface area (Å²) in [6.45, 7) is 5.01. The standard InChI is InChI=1S/C16H21ClN2O2/c1-11(13-5-7-21-10-13)18-16(20)19-6-4-12-2-3-15(17)8-14(12)9-19/h2-3,8,11,13H,4-7,9-10H2,1H3,(H,18,20)/t11-,13+/m1/s1. The molecule has 1 fully saturated rings. The zero-order chi connectivity index (χ0) is 14.8. The number of rotatable bonds is 2. The second kappa shape index (κ2) is 6.24. The molecule has 1 saturated heterocycles. The van der Waals surface area contributed by atoms with E-state index in [9.17, 15) is 4.79 Å². The van der Waals surface area contributed by atoms with E-state index in [0.717, 1.165) is 43.2 Å². The van der Waals surface area contributed by atoms with Gasteiger partial charge < -0.3 is 15.0 Å². The lowest BCUT2D eigenvalue weighted by molar-refractivity contribution is 0.169. The fourth-order valence-corrected chi connectivity index (χ4v) is 3.24. The van der Waals surface area contributed by atoms with E-state index in [4.69, 9.17) is 16.3 Å². The number of carbonyl (C=O) groups excluding carboxylic acids is 1. The third-order valence-electron chi connectivity index (χ3n) is 4.49. The van der Waals surface area contributed by atoms with E-state index >= 15 is 0 Å². The van der Waals surface area contributed by atoms with Crippen LogP contribution >= 0.6 is 11.6 Å². The van der Waals surface area contributed by atoms with Crippen LogP contribution < -0.4 is 5.32 Å². The Morgan fingerprint density at radius 3 is 3.10 bits per heavy atom.